The minimum atomic E-state index is -1.02. The van der Waals surface area contributed by atoms with Crippen molar-refractivity contribution in [1.82, 2.24) is 15.5 Å². The lowest BCUT2D eigenvalue weighted by Gasteiger charge is -2.36. The van der Waals surface area contributed by atoms with E-state index in [2.05, 4.69) is 10.6 Å². The van der Waals surface area contributed by atoms with Crippen molar-refractivity contribution < 1.29 is 19.5 Å². The predicted octanol–water partition coefficient (Wildman–Crippen LogP) is 2.96. The van der Waals surface area contributed by atoms with Crippen LogP contribution in [0.3, 0.4) is 0 Å². The Hall–Kier alpha value is -2.67. The molecule has 3 atom stereocenters. The highest BCUT2D eigenvalue weighted by molar-refractivity contribution is 5.91. The van der Waals surface area contributed by atoms with E-state index < -0.39 is 29.5 Å². The first-order chi connectivity index (χ1) is 14.9. The van der Waals surface area contributed by atoms with Gasteiger partial charge in [-0.3, -0.25) is 9.59 Å². The number of nitrogens with zero attached hydrogens (tertiary/aromatic N) is 1. The SMILES string of the molecule is CC[C@H](NC(=O)[C@@H](NC)C(C)(C)c1ccccc1)C(=O)N(C)[C@H](/C=C(\C)C(=O)O)C(C)C. The van der Waals surface area contributed by atoms with E-state index in [-0.39, 0.29) is 23.3 Å². The molecule has 178 valence electrons. The summed E-state index contributed by atoms with van der Waals surface area (Å²) < 4.78 is 0. The van der Waals surface area contributed by atoms with E-state index in [4.69, 9.17) is 0 Å². The van der Waals surface area contributed by atoms with Crippen LogP contribution in [0.4, 0.5) is 0 Å². The van der Waals surface area contributed by atoms with Gasteiger partial charge in [0.25, 0.3) is 0 Å². The van der Waals surface area contributed by atoms with E-state index in [1.807, 2.05) is 65.0 Å². The normalized spacial score (nSPS) is 15.1. The summed E-state index contributed by atoms with van der Waals surface area (Å²) in [5.41, 5.74) is 0.690. The Bertz CT molecular complexity index is 818. The van der Waals surface area contributed by atoms with Gasteiger partial charge >= 0.3 is 5.97 Å². The number of carbonyl (C=O) groups excluding carboxylic acids is 2. The number of rotatable bonds is 11. The Morgan fingerprint density at radius 2 is 1.72 bits per heavy atom. The minimum Gasteiger partial charge on any atom is -0.478 e. The van der Waals surface area contributed by atoms with Gasteiger partial charge in [0.2, 0.25) is 11.8 Å². The van der Waals surface area contributed by atoms with E-state index in [0.29, 0.717) is 6.42 Å². The molecule has 0 unspecified atom stereocenters. The first-order valence-electron chi connectivity index (χ1n) is 11.1. The minimum absolute atomic E-state index is 0.00790. The highest BCUT2D eigenvalue weighted by Gasteiger charge is 2.37. The average Bonchev–Trinajstić information content (AvgIpc) is 2.75. The summed E-state index contributed by atoms with van der Waals surface area (Å²) in [6.45, 7) is 11.2. The predicted molar refractivity (Wildman–Crippen MR) is 127 cm³/mol. The third-order valence-corrected chi connectivity index (χ3v) is 6.05. The molecule has 0 aromatic heterocycles. The number of hydrogen-bond donors (Lipinski definition) is 3. The van der Waals surface area contributed by atoms with Crippen molar-refractivity contribution in [3.63, 3.8) is 0 Å². The van der Waals surface area contributed by atoms with Gasteiger partial charge in [-0.05, 0) is 31.9 Å². The monoisotopic (exact) mass is 445 g/mol. The van der Waals surface area contributed by atoms with Gasteiger partial charge in [0.15, 0.2) is 0 Å². The van der Waals surface area contributed by atoms with Crippen molar-refractivity contribution >= 4 is 17.8 Å². The van der Waals surface area contributed by atoms with Crippen LogP contribution in [0.1, 0.15) is 53.5 Å². The van der Waals surface area contributed by atoms with Gasteiger partial charge in [-0.15, -0.1) is 0 Å². The standard InChI is InChI=1S/C25H39N3O4/c1-9-19(23(30)28(8)20(16(2)3)15-17(4)24(31)32)27-22(29)21(26-7)25(5,6)18-13-11-10-12-14-18/h10-16,19-21,26H,9H2,1-8H3,(H,27,29)(H,31,32)/b17-15+/t19-,20+,21+/m0/s1. The summed E-state index contributed by atoms with van der Waals surface area (Å²) in [5, 5.41) is 15.3. The molecule has 0 saturated carbocycles. The highest BCUT2D eigenvalue weighted by atomic mass is 16.4. The van der Waals surface area contributed by atoms with Crippen molar-refractivity contribution in [1.29, 1.82) is 0 Å². The molecule has 0 spiro atoms. The van der Waals surface area contributed by atoms with Crippen molar-refractivity contribution in [2.75, 3.05) is 14.1 Å². The molecule has 0 aliphatic rings. The Labute approximate surface area is 192 Å². The molecule has 1 rings (SSSR count). The molecule has 0 heterocycles. The number of aliphatic carboxylic acids is 1. The van der Waals surface area contributed by atoms with Gasteiger partial charge in [0, 0.05) is 18.0 Å². The number of carbonyl (C=O) groups is 3. The van der Waals surface area contributed by atoms with Gasteiger partial charge < -0.3 is 20.6 Å². The summed E-state index contributed by atoms with van der Waals surface area (Å²) >= 11 is 0. The average molecular weight is 446 g/mol. The molecule has 7 heteroatoms. The smallest absolute Gasteiger partial charge is 0.331 e. The van der Waals surface area contributed by atoms with Gasteiger partial charge in [0.05, 0.1) is 12.1 Å². The van der Waals surface area contributed by atoms with Crippen LogP contribution in [0, 0.1) is 5.92 Å². The molecular formula is C25H39N3O4. The molecule has 32 heavy (non-hydrogen) atoms. The van der Waals surface area contributed by atoms with Crippen molar-refractivity contribution in [3.8, 4) is 0 Å². The zero-order chi connectivity index (χ0) is 24.6. The molecule has 0 aliphatic carbocycles. The zero-order valence-corrected chi connectivity index (χ0v) is 20.6. The molecule has 1 aromatic carbocycles. The summed E-state index contributed by atoms with van der Waals surface area (Å²) in [5.74, 6) is -1.51. The van der Waals surface area contributed by atoms with E-state index in [1.165, 1.54) is 11.8 Å². The molecule has 0 radical (unpaired) electrons. The van der Waals surface area contributed by atoms with Gasteiger partial charge in [-0.1, -0.05) is 71.0 Å². The molecule has 2 amide bonds. The van der Waals surface area contributed by atoms with E-state index in [9.17, 15) is 19.5 Å². The second kappa shape index (κ2) is 11.8. The number of amides is 2. The van der Waals surface area contributed by atoms with Crippen molar-refractivity contribution in [2.45, 2.75) is 71.5 Å². The summed E-state index contributed by atoms with van der Waals surface area (Å²) in [4.78, 5) is 39.3. The van der Waals surface area contributed by atoms with Crippen LogP contribution in [-0.2, 0) is 19.8 Å². The van der Waals surface area contributed by atoms with Crippen LogP contribution in [0.5, 0.6) is 0 Å². The Morgan fingerprint density at radius 1 is 1.16 bits per heavy atom. The van der Waals surface area contributed by atoms with Crippen LogP contribution < -0.4 is 10.6 Å². The summed E-state index contributed by atoms with van der Waals surface area (Å²) in [6, 6.07) is 8.12. The van der Waals surface area contributed by atoms with E-state index in [0.717, 1.165) is 5.56 Å². The quantitative estimate of drug-likeness (QED) is 0.455. The van der Waals surface area contributed by atoms with E-state index in [1.54, 1.807) is 20.2 Å². The Morgan fingerprint density at radius 3 is 2.16 bits per heavy atom. The van der Waals surface area contributed by atoms with E-state index >= 15 is 0 Å². The van der Waals surface area contributed by atoms with Gasteiger partial charge in [-0.25, -0.2) is 4.79 Å². The molecule has 0 bridgehead atoms. The third kappa shape index (κ3) is 6.66. The van der Waals surface area contributed by atoms with Crippen LogP contribution in [0.15, 0.2) is 42.0 Å². The first-order valence-corrected chi connectivity index (χ1v) is 11.1. The molecule has 1 aromatic rings. The summed E-state index contributed by atoms with van der Waals surface area (Å²) in [7, 11) is 3.38. The van der Waals surface area contributed by atoms with Gasteiger partial charge in [-0.2, -0.15) is 0 Å². The van der Waals surface area contributed by atoms with Crippen LogP contribution in [0.2, 0.25) is 0 Å². The first kappa shape index (κ1) is 27.4. The second-order valence-corrected chi connectivity index (χ2v) is 9.12. The van der Waals surface area contributed by atoms with Crippen molar-refractivity contribution in [2.24, 2.45) is 5.92 Å². The molecule has 0 fully saturated rings. The second-order valence-electron chi connectivity index (χ2n) is 9.12. The Kier molecular flexibility index (Phi) is 10.1. The lowest BCUT2D eigenvalue weighted by atomic mass is 9.77. The maximum atomic E-state index is 13.3. The molecule has 3 N–H and O–H groups in total. The zero-order valence-electron chi connectivity index (χ0n) is 20.6. The fraction of sp³-hybridized carbons (Fsp3) is 0.560. The van der Waals surface area contributed by atoms with Crippen molar-refractivity contribution in [3.05, 3.63) is 47.5 Å². The lowest BCUT2D eigenvalue weighted by Crippen LogP contribution is -2.58. The highest BCUT2D eigenvalue weighted by Crippen LogP contribution is 2.27. The number of nitrogens with one attached hydrogen (secondary N) is 2. The number of carboxylic acids is 1. The fourth-order valence-corrected chi connectivity index (χ4v) is 3.92. The third-order valence-electron chi connectivity index (χ3n) is 6.05. The van der Waals surface area contributed by atoms with Gasteiger partial charge in [0.1, 0.15) is 6.04 Å². The molecular weight excluding hydrogens is 406 g/mol. The maximum absolute atomic E-state index is 13.3. The maximum Gasteiger partial charge on any atom is 0.331 e. The largest absolute Gasteiger partial charge is 0.478 e. The number of hydrogen-bond acceptors (Lipinski definition) is 4. The number of carboxylic acid groups (broad SMARTS) is 1. The number of likely N-dealkylation sites (N-methyl/N-ethyl adjacent to an activating group) is 2. The fourth-order valence-electron chi connectivity index (χ4n) is 3.92. The van der Waals surface area contributed by atoms with Crippen LogP contribution in [-0.4, -0.2) is 60.0 Å². The topological polar surface area (TPSA) is 98.7 Å². The summed E-state index contributed by atoms with van der Waals surface area (Å²) in [6.07, 6.45) is 2.01. The Balaban J connectivity index is 3.09. The molecule has 0 aliphatic heterocycles. The van der Waals surface area contributed by atoms with Crippen LogP contribution >= 0.6 is 0 Å². The van der Waals surface area contributed by atoms with Crippen LogP contribution in [0.25, 0.3) is 0 Å². The molecule has 7 nitrogen and oxygen atoms in total. The lowest BCUT2D eigenvalue weighted by molar-refractivity contribution is -0.138. The number of benzene rings is 1. The molecule has 0 saturated heterocycles.